The highest BCUT2D eigenvalue weighted by Gasteiger charge is 2.15. The van der Waals surface area contributed by atoms with Crippen LogP contribution in [-0.4, -0.2) is 30.0 Å². The predicted octanol–water partition coefficient (Wildman–Crippen LogP) is 3.28. The highest BCUT2D eigenvalue weighted by Crippen LogP contribution is 2.30. The number of carbonyl (C=O) groups excluding carboxylic acids is 2. The summed E-state index contributed by atoms with van der Waals surface area (Å²) in [5.41, 5.74) is 8.49. The Balaban J connectivity index is 1.30. The van der Waals surface area contributed by atoms with E-state index in [2.05, 4.69) is 15.8 Å². The molecule has 4 rings (SSSR count). The number of carbonyl (C=O) groups is 2. The first-order valence-electron chi connectivity index (χ1n) is 8.79. The SMILES string of the molecule is O=C(NNC(=O)c1ccc2c(c1)OCCO2)c1ccc(SCc2cscn2)cc1. The van der Waals surface area contributed by atoms with E-state index in [1.54, 1.807) is 53.4 Å². The molecule has 7 nitrogen and oxygen atoms in total. The van der Waals surface area contributed by atoms with E-state index in [-0.39, 0.29) is 0 Å². The van der Waals surface area contributed by atoms with E-state index in [0.717, 1.165) is 16.3 Å². The van der Waals surface area contributed by atoms with E-state index in [1.165, 1.54) is 0 Å². The molecule has 2 amide bonds. The lowest BCUT2D eigenvalue weighted by Gasteiger charge is -2.18. The number of thiazole rings is 1. The average Bonchev–Trinajstić information content (AvgIpc) is 3.29. The standard InChI is InChI=1S/C20H17N3O4S2/c24-19(13-1-4-16(5-2-13)29-11-15-10-28-12-21-15)22-23-20(25)14-3-6-17-18(9-14)27-8-7-26-17/h1-6,9-10,12H,7-8,11H2,(H,22,24)(H,23,25). The second-order valence-electron chi connectivity index (χ2n) is 6.06. The van der Waals surface area contributed by atoms with Crippen LogP contribution in [0.4, 0.5) is 0 Å². The third-order valence-electron chi connectivity index (χ3n) is 4.08. The van der Waals surface area contributed by atoms with E-state index in [9.17, 15) is 9.59 Å². The van der Waals surface area contributed by atoms with Gasteiger partial charge in [0.1, 0.15) is 13.2 Å². The third-order valence-corrected chi connectivity index (χ3v) is 5.76. The van der Waals surface area contributed by atoms with Crippen LogP contribution in [0.25, 0.3) is 0 Å². The Morgan fingerprint density at radius 2 is 1.66 bits per heavy atom. The Morgan fingerprint density at radius 3 is 2.38 bits per heavy atom. The summed E-state index contributed by atoms with van der Waals surface area (Å²) in [6.07, 6.45) is 0. The fourth-order valence-electron chi connectivity index (χ4n) is 2.61. The van der Waals surface area contributed by atoms with E-state index in [1.807, 2.05) is 23.0 Å². The molecule has 9 heteroatoms. The summed E-state index contributed by atoms with van der Waals surface area (Å²) in [6.45, 7) is 0.920. The van der Waals surface area contributed by atoms with Crippen molar-refractivity contribution in [3.8, 4) is 11.5 Å². The lowest BCUT2D eigenvalue weighted by Crippen LogP contribution is -2.41. The Hall–Kier alpha value is -3.04. The fraction of sp³-hybridized carbons (Fsp3) is 0.150. The van der Waals surface area contributed by atoms with Gasteiger partial charge in [-0.2, -0.15) is 0 Å². The topological polar surface area (TPSA) is 89.6 Å². The first-order valence-corrected chi connectivity index (χ1v) is 10.7. The molecule has 0 unspecified atom stereocenters. The van der Waals surface area contributed by atoms with Gasteiger partial charge in [-0.15, -0.1) is 23.1 Å². The van der Waals surface area contributed by atoms with Gasteiger partial charge in [0.15, 0.2) is 11.5 Å². The Labute approximate surface area is 175 Å². The Morgan fingerprint density at radius 1 is 0.966 bits per heavy atom. The first-order chi connectivity index (χ1) is 14.2. The number of nitrogens with zero attached hydrogens (tertiary/aromatic N) is 1. The average molecular weight is 428 g/mol. The molecule has 0 aliphatic carbocycles. The number of aromatic nitrogens is 1. The summed E-state index contributed by atoms with van der Waals surface area (Å²) in [7, 11) is 0. The number of hydrazine groups is 1. The molecule has 2 N–H and O–H groups in total. The van der Waals surface area contributed by atoms with Crippen molar-refractivity contribution >= 4 is 34.9 Å². The van der Waals surface area contributed by atoms with Crippen LogP contribution >= 0.6 is 23.1 Å². The van der Waals surface area contributed by atoms with Gasteiger partial charge >= 0.3 is 0 Å². The van der Waals surface area contributed by atoms with Gasteiger partial charge in [-0.25, -0.2) is 4.98 Å². The number of ether oxygens (including phenoxy) is 2. The third kappa shape index (κ3) is 4.87. The molecule has 29 heavy (non-hydrogen) atoms. The molecule has 2 aromatic carbocycles. The van der Waals surface area contributed by atoms with Gasteiger partial charge < -0.3 is 9.47 Å². The molecule has 0 bridgehead atoms. The monoisotopic (exact) mass is 427 g/mol. The lowest BCUT2D eigenvalue weighted by atomic mass is 10.2. The summed E-state index contributed by atoms with van der Waals surface area (Å²) in [5, 5.41) is 2.01. The van der Waals surface area contributed by atoms with E-state index < -0.39 is 11.8 Å². The highest BCUT2D eigenvalue weighted by atomic mass is 32.2. The number of thioether (sulfide) groups is 1. The molecular weight excluding hydrogens is 410 g/mol. The van der Waals surface area contributed by atoms with Crippen molar-refractivity contribution in [2.45, 2.75) is 10.6 Å². The van der Waals surface area contributed by atoms with Gasteiger partial charge in [-0.05, 0) is 42.5 Å². The number of fused-ring (bicyclic) bond motifs is 1. The second kappa shape index (κ2) is 8.97. The van der Waals surface area contributed by atoms with Crippen molar-refractivity contribution in [2.75, 3.05) is 13.2 Å². The van der Waals surface area contributed by atoms with Crippen LogP contribution in [0.15, 0.2) is 58.3 Å². The van der Waals surface area contributed by atoms with Crippen LogP contribution in [0.1, 0.15) is 26.4 Å². The van der Waals surface area contributed by atoms with Crippen LogP contribution in [0.2, 0.25) is 0 Å². The van der Waals surface area contributed by atoms with Gasteiger partial charge in [-0.3, -0.25) is 20.4 Å². The number of hydrogen-bond acceptors (Lipinski definition) is 7. The molecule has 1 aliphatic heterocycles. The van der Waals surface area contributed by atoms with Crippen molar-refractivity contribution in [1.82, 2.24) is 15.8 Å². The van der Waals surface area contributed by atoms with Gasteiger partial charge in [0.05, 0.1) is 11.2 Å². The van der Waals surface area contributed by atoms with Crippen molar-refractivity contribution in [1.29, 1.82) is 0 Å². The minimum absolute atomic E-state index is 0.364. The van der Waals surface area contributed by atoms with Gasteiger partial charge in [0.2, 0.25) is 0 Å². The fourth-order valence-corrected chi connectivity index (χ4v) is 4.08. The Kier molecular flexibility index (Phi) is 5.97. The van der Waals surface area contributed by atoms with Crippen molar-refractivity contribution in [3.05, 3.63) is 70.2 Å². The maximum Gasteiger partial charge on any atom is 0.269 e. The van der Waals surface area contributed by atoms with E-state index in [4.69, 9.17) is 9.47 Å². The Bertz CT molecular complexity index is 1010. The molecule has 0 fully saturated rings. The van der Waals surface area contributed by atoms with E-state index in [0.29, 0.717) is 35.8 Å². The molecule has 0 saturated heterocycles. The molecule has 0 atom stereocenters. The zero-order valence-electron chi connectivity index (χ0n) is 15.2. The largest absolute Gasteiger partial charge is 0.486 e. The molecule has 1 aliphatic rings. The maximum atomic E-state index is 12.3. The maximum absolute atomic E-state index is 12.3. The zero-order valence-corrected chi connectivity index (χ0v) is 16.8. The van der Waals surface area contributed by atoms with Crippen LogP contribution in [0.3, 0.4) is 0 Å². The lowest BCUT2D eigenvalue weighted by molar-refractivity contribution is 0.0846. The minimum atomic E-state index is -0.439. The number of hydrogen-bond donors (Lipinski definition) is 2. The minimum Gasteiger partial charge on any atom is -0.486 e. The van der Waals surface area contributed by atoms with Crippen LogP contribution in [-0.2, 0) is 5.75 Å². The summed E-state index contributed by atoms with van der Waals surface area (Å²) < 4.78 is 10.9. The molecular formula is C20H17N3O4S2. The molecule has 3 aromatic rings. The highest BCUT2D eigenvalue weighted by molar-refractivity contribution is 7.98. The summed E-state index contributed by atoms with van der Waals surface area (Å²) in [6, 6.07) is 12.0. The molecule has 0 saturated carbocycles. The molecule has 2 heterocycles. The van der Waals surface area contributed by atoms with Crippen molar-refractivity contribution < 1.29 is 19.1 Å². The van der Waals surface area contributed by atoms with Gasteiger partial charge in [-0.1, -0.05) is 0 Å². The molecule has 0 spiro atoms. The number of benzene rings is 2. The molecule has 0 radical (unpaired) electrons. The van der Waals surface area contributed by atoms with E-state index >= 15 is 0 Å². The normalized spacial score (nSPS) is 12.3. The smallest absolute Gasteiger partial charge is 0.269 e. The number of amides is 2. The quantitative estimate of drug-likeness (QED) is 0.480. The molecule has 1 aromatic heterocycles. The number of rotatable bonds is 5. The molecule has 148 valence electrons. The zero-order chi connectivity index (χ0) is 20.1. The van der Waals surface area contributed by atoms with Crippen LogP contribution in [0.5, 0.6) is 11.5 Å². The van der Waals surface area contributed by atoms with Gasteiger partial charge in [0.25, 0.3) is 11.8 Å². The summed E-state index contributed by atoms with van der Waals surface area (Å²) in [4.78, 5) is 29.9. The number of nitrogens with one attached hydrogen (secondary N) is 2. The van der Waals surface area contributed by atoms with Crippen molar-refractivity contribution in [3.63, 3.8) is 0 Å². The first kappa shape index (κ1) is 19.3. The second-order valence-corrected chi connectivity index (χ2v) is 7.83. The van der Waals surface area contributed by atoms with Gasteiger partial charge in [0, 0.05) is 27.2 Å². The predicted molar refractivity (Wildman–Crippen MR) is 110 cm³/mol. The van der Waals surface area contributed by atoms with Crippen LogP contribution in [0, 0.1) is 0 Å². The summed E-state index contributed by atoms with van der Waals surface area (Å²) in [5.74, 6) is 1.06. The van der Waals surface area contributed by atoms with Crippen LogP contribution < -0.4 is 20.3 Å². The van der Waals surface area contributed by atoms with Crippen molar-refractivity contribution in [2.24, 2.45) is 0 Å². The summed E-state index contributed by atoms with van der Waals surface area (Å²) >= 11 is 3.21.